The minimum atomic E-state index is -0.327. The highest BCUT2D eigenvalue weighted by molar-refractivity contribution is 5.76. The van der Waals surface area contributed by atoms with Crippen LogP contribution in [0.5, 0.6) is 5.75 Å². The van der Waals surface area contributed by atoms with E-state index in [4.69, 9.17) is 9.47 Å². The van der Waals surface area contributed by atoms with Crippen LogP contribution in [-0.4, -0.2) is 47.4 Å². The van der Waals surface area contributed by atoms with E-state index in [1.807, 2.05) is 41.6 Å². The average molecular weight is 383 g/mol. The summed E-state index contributed by atoms with van der Waals surface area (Å²) in [5.41, 5.74) is 4.27. The Morgan fingerprint density at radius 2 is 2.07 bits per heavy atom. The Labute approximate surface area is 166 Å². The molecule has 0 atom stereocenters. The first kappa shape index (κ1) is 19.0. The van der Waals surface area contributed by atoms with Crippen molar-refractivity contribution in [1.82, 2.24) is 14.7 Å². The molecule has 150 valence electrons. The van der Waals surface area contributed by atoms with Crippen LogP contribution in [0.15, 0.2) is 24.3 Å². The molecule has 2 aliphatic rings. The van der Waals surface area contributed by atoms with Gasteiger partial charge in [0.1, 0.15) is 11.4 Å². The Kier molecular flexibility index (Phi) is 5.15. The number of hydrogen-bond donors (Lipinski definition) is 0. The normalized spacial score (nSPS) is 18.2. The lowest BCUT2D eigenvalue weighted by molar-refractivity contribution is -0.141. The highest BCUT2D eigenvalue weighted by Crippen LogP contribution is 2.45. The summed E-state index contributed by atoms with van der Waals surface area (Å²) in [4.78, 5) is 14.7. The van der Waals surface area contributed by atoms with E-state index in [1.165, 1.54) is 11.1 Å². The van der Waals surface area contributed by atoms with Crippen molar-refractivity contribution < 1.29 is 14.3 Å². The second-order valence-electron chi connectivity index (χ2n) is 7.87. The monoisotopic (exact) mass is 383 g/mol. The molecule has 0 radical (unpaired) electrons. The number of methoxy groups -OCH3 is 1. The summed E-state index contributed by atoms with van der Waals surface area (Å²) in [5, 5.41) is 4.45. The number of carbonyl (C=O) groups excluding carboxylic acids is 1. The predicted molar refractivity (Wildman–Crippen MR) is 106 cm³/mol. The predicted octanol–water partition coefficient (Wildman–Crippen LogP) is 2.99. The highest BCUT2D eigenvalue weighted by atomic mass is 16.5. The number of amides is 1. The molecule has 6 nitrogen and oxygen atoms in total. The van der Waals surface area contributed by atoms with Gasteiger partial charge in [-0.25, -0.2) is 0 Å². The number of nitrogens with zero attached hydrogens (tertiary/aromatic N) is 3. The van der Waals surface area contributed by atoms with Gasteiger partial charge in [0.2, 0.25) is 5.91 Å². The molecule has 1 fully saturated rings. The van der Waals surface area contributed by atoms with Crippen LogP contribution in [0.2, 0.25) is 0 Å². The van der Waals surface area contributed by atoms with Crippen LogP contribution in [0.25, 0.3) is 0 Å². The molecule has 1 amide bonds. The summed E-state index contributed by atoms with van der Waals surface area (Å²) < 4.78 is 13.9. The molecule has 1 spiro atoms. The van der Waals surface area contributed by atoms with Gasteiger partial charge in [-0.3, -0.25) is 9.48 Å². The van der Waals surface area contributed by atoms with Gasteiger partial charge in [0.15, 0.2) is 0 Å². The topological polar surface area (TPSA) is 56.6 Å². The number of ether oxygens (including phenoxy) is 2. The molecule has 0 bridgehead atoms. The fraction of sp³-hybridized carbons (Fsp3) is 0.545. The van der Waals surface area contributed by atoms with E-state index >= 15 is 0 Å². The van der Waals surface area contributed by atoms with Crippen molar-refractivity contribution in [2.45, 2.75) is 51.7 Å². The number of fused-ring (bicyclic) bond motifs is 2. The number of aromatic nitrogens is 2. The third-order valence-electron chi connectivity index (χ3n) is 6.10. The lowest BCUT2D eigenvalue weighted by Gasteiger charge is -2.45. The molecule has 0 unspecified atom stereocenters. The molecule has 28 heavy (non-hydrogen) atoms. The number of hydrogen-bond acceptors (Lipinski definition) is 4. The van der Waals surface area contributed by atoms with Gasteiger partial charge in [0, 0.05) is 37.3 Å². The molecule has 2 aromatic rings. The Balaban J connectivity index is 1.43. The maximum absolute atomic E-state index is 12.7. The van der Waals surface area contributed by atoms with Crippen molar-refractivity contribution >= 4 is 5.91 Å². The van der Waals surface area contributed by atoms with Gasteiger partial charge in [0.05, 0.1) is 19.4 Å². The highest BCUT2D eigenvalue weighted by Gasteiger charge is 2.43. The lowest BCUT2D eigenvalue weighted by Crippen LogP contribution is -2.48. The van der Waals surface area contributed by atoms with Crippen molar-refractivity contribution in [2.24, 2.45) is 0 Å². The number of aryl methyl sites for hydroxylation is 3. The maximum Gasteiger partial charge on any atom is 0.224 e. The molecule has 1 saturated heterocycles. The first-order valence-corrected chi connectivity index (χ1v) is 10.1. The fourth-order valence-electron chi connectivity index (χ4n) is 4.67. The number of carbonyl (C=O) groups is 1. The second-order valence-corrected chi connectivity index (χ2v) is 7.87. The van der Waals surface area contributed by atoms with E-state index in [0.717, 1.165) is 43.0 Å². The molecular weight excluding hydrogens is 354 g/mol. The smallest absolute Gasteiger partial charge is 0.224 e. The van der Waals surface area contributed by atoms with Crippen LogP contribution in [0.4, 0.5) is 0 Å². The average Bonchev–Trinajstić information content (AvgIpc) is 3.03. The Morgan fingerprint density at radius 3 is 2.75 bits per heavy atom. The van der Waals surface area contributed by atoms with E-state index < -0.39 is 0 Å². The molecule has 3 heterocycles. The molecule has 1 aromatic heterocycles. The number of piperidine rings is 1. The second kappa shape index (κ2) is 7.59. The van der Waals surface area contributed by atoms with E-state index in [1.54, 1.807) is 7.11 Å². The quantitative estimate of drug-likeness (QED) is 0.814. The molecule has 6 heteroatoms. The first-order chi connectivity index (χ1) is 13.5. The summed E-state index contributed by atoms with van der Waals surface area (Å²) >= 11 is 0. The van der Waals surface area contributed by atoms with Gasteiger partial charge in [-0.05, 0) is 50.8 Å². The van der Waals surface area contributed by atoms with E-state index in [0.29, 0.717) is 26.1 Å². The van der Waals surface area contributed by atoms with Crippen LogP contribution in [0, 0.1) is 13.8 Å². The summed E-state index contributed by atoms with van der Waals surface area (Å²) in [6, 6.07) is 8.28. The van der Waals surface area contributed by atoms with Crippen molar-refractivity contribution in [3.8, 4) is 5.75 Å². The Bertz CT molecular complexity index is 852. The van der Waals surface area contributed by atoms with Crippen molar-refractivity contribution in [3.05, 3.63) is 46.8 Å². The summed E-state index contributed by atoms with van der Waals surface area (Å²) in [7, 11) is 1.72. The molecule has 0 aliphatic carbocycles. The summed E-state index contributed by atoms with van der Waals surface area (Å²) in [6.07, 6.45) is 3.02. The molecule has 2 aliphatic heterocycles. The molecule has 0 saturated carbocycles. The maximum atomic E-state index is 12.7. The van der Waals surface area contributed by atoms with Crippen LogP contribution >= 0.6 is 0 Å². The van der Waals surface area contributed by atoms with Gasteiger partial charge in [-0.2, -0.15) is 5.10 Å². The first-order valence-electron chi connectivity index (χ1n) is 10.1. The lowest BCUT2D eigenvalue weighted by atomic mass is 9.78. The largest absolute Gasteiger partial charge is 0.496 e. The van der Waals surface area contributed by atoms with Crippen molar-refractivity contribution in [2.75, 3.05) is 26.8 Å². The number of benzene rings is 1. The van der Waals surface area contributed by atoms with Crippen LogP contribution < -0.4 is 4.74 Å². The Hall–Kier alpha value is -2.34. The van der Waals surface area contributed by atoms with Gasteiger partial charge in [0.25, 0.3) is 0 Å². The molecular formula is C22H29N3O3. The minimum absolute atomic E-state index is 0.193. The number of likely N-dealkylation sites (tertiary alicyclic amines) is 1. The fourth-order valence-corrected chi connectivity index (χ4v) is 4.67. The Morgan fingerprint density at radius 1 is 1.29 bits per heavy atom. The molecule has 1 aromatic carbocycles. The zero-order valence-electron chi connectivity index (χ0n) is 17.0. The van der Waals surface area contributed by atoms with Gasteiger partial charge < -0.3 is 14.4 Å². The van der Waals surface area contributed by atoms with Crippen LogP contribution in [-0.2, 0) is 28.1 Å². The van der Waals surface area contributed by atoms with Gasteiger partial charge in [-0.15, -0.1) is 0 Å². The summed E-state index contributed by atoms with van der Waals surface area (Å²) in [5.74, 6) is 1.10. The minimum Gasteiger partial charge on any atom is -0.496 e. The van der Waals surface area contributed by atoms with E-state index in [2.05, 4.69) is 11.2 Å². The van der Waals surface area contributed by atoms with Gasteiger partial charge in [-0.1, -0.05) is 12.1 Å². The zero-order chi connectivity index (χ0) is 19.7. The van der Waals surface area contributed by atoms with Gasteiger partial charge >= 0.3 is 0 Å². The van der Waals surface area contributed by atoms with Crippen LogP contribution in [0.1, 0.15) is 41.8 Å². The third-order valence-corrected chi connectivity index (χ3v) is 6.10. The van der Waals surface area contributed by atoms with Crippen molar-refractivity contribution in [1.29, 1.82) is 0 Å². The molecule has 4 rings (SSSR count). The van der Waals surface area contributed by atoms with E-state index in [9.17, 15) is 4.79 Å². The zero-order valence-corrected chi connectivity index (χ0v) is 17.0. The SMILES string of the molecule is COc1cccc2c1C1(CCN(C(=O)CCn3nc(C)cc3C)CC1)OCC2. The number of rotatable bonds is 4. The van der Waals surface area contributed by atoms with E-state index in [-0.39, 0.29) is 11.5 Å². The standard InChI is InChI=1S/C22H29N3O3/c1-16-15-17(2)25(23-16)11-7-20(26)24-12-9-22(10-13-24)21-18(8-14-28-22)5-4-6-19(21)27-3/h4-6,15H,7-14H2,1-3H3. The van der Waals surface area contributed by atoms with Crippen LogP contribution in [0.3, 0.4) is 0 Å². The van der Waals surface area contributed by atoms with Crippen molar-refractivity contribution in [3.63, 3.8) is 0 Å². The third kappa shape index (κ3) is 3.41. The molecule has 0 N–H and O–H groups in total. The summed E-state index contributed by atoms with van der Waals surface area (Å²) in [6.45, 7) is 6.80.